The van der Waals surface area contributed by atoms with Gasteiger partial charge in [-0.3, -0.25) is 19.2 Å². The van der Waals surface area contributed by atoms with Gasteiger partial charge in [-0.1, -0.05) is 17.7 Å². The number of rotatable bonds is 10. The van der Waals surface area contributed by atoms with Crippen molar-refractivity contribution in [2.24, 2.45) is 0 Å². The van der Waals surface area contributed by atoms with E-state index in [2.05, 4.69) is 0 Å². The van der Waals surface area contributed by atoms with E-state index < -0.39 is 66.8 Å². The number of ether oxygens (including phenoxy) is 6. The molecule has 1 fully saturated rings. The minimum atomic E-state index is -2.59. The first kappa shape index (κ1) is 32.8. The van der Waals surface area contributed by atoms with Crippen LogP contribution in [0, 0.1) is 0 Å². The lowest BCUT2D eigenvalue weighted by Gasteiger charge is -2.44. The summed E-state index contributed by atoms with van der Waals surface area (Å²) in [4.78, 5) is 47.9. The third-order valence-corrected chi connectivity index (χ3v) is 6.58. The largest absolute Gasteiger partial charge is 0.494 e. The molecule has 2 N–H and O–H groups in total. The van der Waals surface area contributed by atoms with Gasteiger partial charge in [0, 0.05) is 43.8 Å². The summed E-state index contributed by atoms with van der Waals surface area (Å²) >= 11 is 6.41. The number of carbonyl (C=O) groups is 4. The first-order valence-electron chi connectivity index (χ1n) is 13.0. The van der Waals surface area contributed by atoms with Crippen LogP contribution in [0.25, 0.3) is 0 Å². The smallest absolute Gasteiger partial charge is 0.303 e. The number of aliphatic hydroxyl groups is 2. The van der Waals surface area contributed by atoms with Crippen LogP contribution in [0.1, 0.15) is 57.4 Å². The van der Waals surface area contributed by atoms with Gasteiger partial charge in [0.15, 0.2) is 18.3 Å². The lowest BCUT2D eigenvalue weighted by Crippen LogP contribution is -2.59. The van der Waals surface area contributed by atoms with Crippen LogP contribution < -0.4 is 4.74 Å². The van der Waals surface area contributed by atoms with Crippen molar-refractivity contribution in [2.45, 2.75) is 70.9 Å². The molecular weight excluding hydrogens is 576 g/mol. The molecule has 12 nitrogen and oxygen atoms in total. The quantitative estimate of drug-likeness (QED) is 0.230. The minimum absolute atomic E-state index is 0.0109. The first-order valence-corrected chi connectivity index (χ1v) is 13.4. The molecular formula is C29H33ClO12. The fraction of sp³-hybridized carbons (Fsp3) is 0.448. The maximum absolute atomic E-state index is 12.2. The van der Waals surface area contributed by atoms with Crippen molar-refractivity contribution in [1.82, 2.24) is 0 Å². The molecule has 42 heavy (non-hydrogen) atoms. The highest BCUT2D eigenvalue weighted by Gasteiger charge is 2.52. The highest BCUT2D eigenvalue weighted by molar-refractivity contribution is 6.31. The van der Waals surface area contributed by atoms with E-state index in [0.29, 0.717) is 12.4 Å². The van der Waals surface area contributed by atoms with Gasteiger partial charge >= 0.3 is 23.9 Å². The van der Waals surface area contributed by atoms with Gasteiger partial charge in [0.25, 0.3) is 0 Å². The number of benzene rings is 2. The zero-order valence-corrected chi connectivity index (χ0v) is 24.5. The van der Waals surface area contributed by atoms with Crippen molar-refractivity contribution in [3.8, 4) is 5.75 Å². The Hall–Kier alpha value is -3.71. The van der Waals surface area contributed by atoms with Crippen molar-refractivity contribution in [3.05, 3.63) is 64.2 Å². The Morgan fingerprint density at radius 3 is 1.95 bits per heavy atom. The second kappa shape index (κ2) is 14.0. The van der Waals surface area contributed by atoms with Crippen LogP contribution in [0.4, 0.5) is 0 Å². The molecule has 0 bridgehead atoms. The van der Waals surface area contributed by atoms with Gasteiger partial charge in [0.1, 0.15) is 24.6 Å². The number of carbonyl (C=O) groups excluding carboxylic acids is 4. The fourth-order valence-corrected chi connectivity index (χ4v) is 4.84. The molecule has 1 saturated heterocycles. The third-order valence-electron chi connectivity index (χ3n) is 6.25. The van der Waals surface area contributed by atoms with Crippen LogP contribution >= 0.6 is 11.6 Å². The summed E-state index contributed by atoms with van der Waals surface area (Å²) in [7, 11) is 0. The summed E-state index contributed by atoms with van der Waals surface area (Å²) in [6, 6.07) is 10.3. The molecule has 2 aromatic rings. The van der Waals surface area contributed by atoms with Crippen LogP contribution in [0.5, 0.6) is 5.75 Å². The fourth-order valence-electron chi connectivity index (χ4n) is 4.59. The summed E-state index contributed by atoms with van der Waals surface area (Å²) in [5, 5.41) is 22.4. The average molecular weight is 609 g/mol. The Balaban J connectivity index is 2.12. The Kier molecular flexibility index (Phi) is 10.9. The van der Waals surface area contributed by atoms with E-state index in [1.54, 1.807) is 12.1 Å². The molecule has 1 aliphatic heterocycles. The van der Waals surface area contributed by atoms with E-state index >= 15 is 0 Å². The van der Waals surface area contributed by atoms with Gasteiger partial charge in [-0.25, -0.2) is 0 Å². The van der Waals surface area contributed by atoms with Gasteiger partial charge in [-0.2, -0.15) is 0 Å². The maximum Gasteiger partial charge on any atom is 0.303 e. The Labute approximate surface area is 247 Å². The van der Waals surface area contributed by atoms with E-state index in [9.17, 15) is 29.4 Å². The number of esters is 4. The summed E-state index contributed by atoms with van der Waals surface area (Å²) in [6.07, 6.45) is -6.53. The van der Waals surface area contributed by atoms with Crippen LogP contribution in [0.15, 0.2) is 42.5 Å². The molecule has 2 aromatic carbocycles. The van der Waals surface area contributed by atoms with Crippen LogP contribution in [-0.4, -0.2) is 71.7 Å². The second-order valence-electron chi connectivity index (χ2n) is 9.49. The molecule has 0 aromatic heterocycles. The monoisotopic (exact) mass is 608 g/mol. The van der Waals surface area contributed by atoms with Crippen LogP contribution in [0.2, 0.25) is 5.02 Å². The lowest BCUT2D eigenvalue weighted by atomic mass is 9.88. The Morgan fingerprint density at radius 1 is 0.833 bits per heavy atom. The Morgan fingerprint density at radius 2 is 1.40 bits per heavy atom. The lowest BCUT2D eigenvalue weighted by molar-refractivity contribution is -0.254. The standard InChI is InChI=1S/C29H33ClO12/c1-6-37-21-10-8-20(9-11-21)29(35,36)22-13-19(7-12-23(22)30)25-27(40-17(4)33)28(41-18(5)34)26(39-16(3)32)24(42-25)14-38-15(2)31/h7-13,24-28,35-36H,6,14H2,1-5H3. The molecule has 0 radical (unpaired) electrons. The molecule has 1 heterocycles. The highest BCUT2D eigenvalue weighted by atomic mass is 35.5. The van der Waals surface area contributed by atoms with E-state index in [0.717, 1.165) is 20.8 Å². The second-order valence-corrected chi connectivity index (χ2v) is 9.90. The van der Waals surface area contributed by atoms with Crippen LogP contribution in [0.3, 0.4) is 0 Å². The Bertz CT molecular complexity index is 1290. The zero-order valence-electron chi connectivity index (χ0n) is 23.7. The molecule has 5 atom stereocenters. The summed E-state index contributed by atoms with van der Waals surface area (Å²) in [5.74, 6) is -5.03. The van der Waals surface area contributed by atoms with Crippen molar-refractivity contribution in [3.63, 3.8) is 0 Å². The predicted octanol–water partition coefficient (Wildman–Crippen LogP) is 2.72. The molecule has 0 aliphatic carbocycles. The summed E-state index contributed by atoms with van der Waals surface area (Å²) in [5.41, 5.74) is 0.163. The van der Waals surface area contributed by atoms with E-state index in [1.807, 2.05) is 6.92 Å². The number of hydrogen-bond donors (Lipinski definition) is 2. The van der Waals surface area contributed by atoms with Crippen molar-refractivity contribution < 1.29 is 57.8 Å². The highest BCUT2D eigenvalue weighted by Crippen LogP contribution is 2.41. The van der Waals surface area contributed by atoms with Gasteiger partial charge in [0.05, 0.1) is 6.61 Å². The van der Waals surface area contributed by atoms with Gasteiger partial charge in [0.2, 0.25) is 5.79 Å². The van der Waals surface area contributed by atoms with Crippen molar-refractivity contribution in [2.75, 3.05) is 13.2 Å². The van der Waals surface area contributed by atoms with E-state index in [1.165, 1.54) is 37.3 Å². The average Bonchev–Trinajstić information content (AvgIpc) is 2.90. The first-order chi connectivity index (χ1) is 19.7. The van der Waals surface area contributed by atoms with Crippen LogP contribution in [-0.2, 0) is 48.6 Å². The molecule has 5 unspecified atom stereocenters. The van der Waals surface area contributed by atoms with Crippen molar-refractivity contribution in [1.29, 1.82) is 0 Å². The topological polar surface area (TPSA) is 164 Å². The van der Waals surface area contributed by atoms with E-state index in [4.69, 9.17) is 40.0 Å². The summed E-state index contributed by atoms with van der Waals surface area (Å²) < 4.78 is 33.1. The normalized spacial score (nSPS) is 22.0. The zero-order chi connectivity index (χ0) is 31.2. The third kappa shape index (κ3) is 7.97. The molecule has 228 valence electrons. The predicted molar refractivity (Wildman–Crippen MR) is 145 cm³/mol. The number of hydrogen-bond acceptors (Lipinski definition) is 12. The molecule has 3 rings (SSSR count). The van der Waals surface area contributed by atoms with Crippen molar-refractivity contribution >= 4 is 35.5 Å². The maximum atomic E-state index is 12.2. The summed E-state index contributed by atoms with van der Waals surface area (Å²) in [6.45, 7) is 6.35. The molecule has 1 aliphatic rings. The molecule has 0 spiro atoms. The molecule has 13 heteroatoms. The van der Waals surface area contributed by atoms with Gasteiger partial charge in [-0.15, -0.1) is 0 Å². The van der Waals surface area contributed by atoms with E-state index in [-0.39, 0.29) is 21.7 Å². The van der Waals surface area contributed by atoms with Gasteiger partial charge < -0.3 is 38.6 Å². The SMILES string of the molecule is CCOc1ccc(C(O)(O)c2cc(C3OC(COC(C)=O)C(OC(C)=O)C(OC(C)=O)C3OC(C)=O)ccc2Cl)cc1. The number of halogens is 1. The molecule has 0 saturated carbocycles. The molecule has 0 amide bonds. The minimum Gasteiger partial charge on any atom is -0.494 e. The van der Waals surface area contributed by atoms with Gasteiger partial charge in [-0.05, 0) is 48.9 Å².